The lowest BCUT2D eigenvalue weighted by Crippen LogP contribution is -2.46. The van der Waals surface area contributed by atoms with Crippen LogP contribution in [0.3, 0.4) is 0 Å². The Hall–Kier alpha value is -1.73. The average Bonchev–Trinajstić information content (AvgIpc) is 2.85. The summed E-state index contributed by atoms with van der Waals surface area (Å²) in [5.41, 5.74) is 2.41. The van der Waals surface area contributed by atoms with Gasteiger partial charge in [0, 0.05) is 19.1 Å². The minimum atomic E-state index is -3.88. The van der Waals surface area contributed by atoms with Gasteiger partial charge in [0.1, 0.15) is 12.2 Å². The maximum Gasteiger partial charge on any atom is 0.400 e. The van der Waals surface area contributed by atoms with Gasteiger partial charge in [0.2, 0.25) is 0 Å². The predicted molar refractivity (Wildman–Crippen MR) is 103 cm³/mol. The molecule has 1 heterocycles. The van der Waals surface area contributed by atoms with Crippen molar-refractivity contribution >= 4 is 10.4 Å². The van der Waals surface area contributed by atoms with Crippen LogP contribution in [0.1, 0.15) is 36.8 Å². The lowest BCUT2D eigenvalue weighted by molar-refractivity contribution is 0.0398. The van der Waals surface area contributed by atoms with E-state index < -0.39 is 16.5 Å². The first-order chi connectivity index (χ1) is 13.1. The van der Waals surface area contributed by atoms with Gasteiger partial charge in [0.15, 0.2) is 0 Å². The van der Waals surface area contributed by atoms with E-state index in [4.69, 9.17) is 8.37 Å². The van der Waals surface area contributed by atoms with Gasteiger partial charge in [-0.1, -0.05) is 73.5 Å². The normalized spacial score (nSPS) is 27.2. The Labute approximate surface area is 161 Å². The molecule has 0 amide bonds. The molecule has 27 heavy (non-hydrogen) atoms. The summed E-state index contributed by atoms with van der Waals surface area (Å²) in [6, 6.07) is 20.6. The van der Waals surface area contributed by atoms with E-state index in [1.807, 2.05) is 36.4 Å². The summed E-state index contributed by atoms with van der Waals surface area (Å²) in [4.78, 5) is 2.35. The Bertz CT molecular complexity index is 800. The molecule has 144 valence electrons. The Morgan fingerprint density at radius 3 is 1.96 bits per heavy atom. The molecule has 1 aliphatic carbocycles. The minimum Gasteiger partial charge on any atom is -0.289 e. The van der Waals surface area contributed by atoms with Crippen LogP contribution in [0, 0.1) is 0 Å². The van der Waals surface area contributed by atoms with Gasteiger partial charge < -0.3 is 0 Å². The Morgan fingerprint density at radius 1 is 0.815 bits per heavy atom. The fraction of sp³-hybridized carbons (Fsp3) is 0.429. The zero-order valence-corrected chi connectivity index (χ0v) is 16.1. The molecule has 2 aromatic rings. The van der Waals surface area contributed by atoms with Crippen LogP contribution in [0.25, 0.3) is 0 Å². The maximum atomic E-state index is 11.9. The molecule has 2 aliphatic rings. The first-order valence-electron chi connectivity index (χ1n) is 9.54. The second kappa shape index (κ2) is 8.10. The van der Waals surface area contributed by atoms with E-state index in [1.54, 1.807) is 0 Å². The Balaban J connectivity index is 1.63. The van der Waals surface area contributed by atoms with E-state index in [0.29, 0.717) is 0 Å². The highest BCUT2D eigenvalue weighted by Crippen LogP contribution is 2.35. The van der Waals surface area contributed by atoms with Gasteiger partial charge in [-0.3, -0.25) is 4.90 Å². The van der Waals surface area contributed by atoms with Crippen molar-refractivity contribution in [2.45, 2.75) is 57.0 Å². The zero-order chi connectivity index (χ0) is 18.7. The summed E-state index contributed by atoms with van der Waals surface area (Å²) in [6.45, 7) is 1.49. The minimum absolute atomic E-state index is 0.00446. The fourth-order valence-corrected chi connectivity index (χ4v) is 5.21. The van der Waals surface area contributed by atoms with Crippen LogP contribution >= 0.6 is 0 Å². The lowest BCUT2D eigenvalue weighted by Gasteiger charge is -2.34. The lowest BCUT2D eigenvalue weighted by atomic mass is 10.00. The molecule has 2 aromatic carbocycles. The molecule has 0 aromatic heterocycles. The van der Waals surface area contributed by atoms with Gasteiger partial charge in [0.25, 0.3) is 0 Å². The van der Waals surface area contributed by atoms with Gasteiger partial charge in [0.05, 0.1) is 0 Å². The van der Waals surface area contributed by atoms with E-state index in [0.717, 1.165) is 38.8 Å². The standard InChI is InChI=1S/C21H25NO4S/c23-27(24)25-20-14-8-7-13-19(21(20)26-27)22(15-17-9-3-1-4-10-17)16-18-11-5-2-6-12-18/h1-6,9-12,19-21H,7-8,13-16H2. The van der Waals surface area contributed by atoms with Crippen molar-refractivity contribution in [2.75, 3.05) is 0 Å². The molecule has 1 aliphatic heterocycles. The van der Waals surface area contributed by atoms with Crippen molar-refractivity contribution in [1.29, 1.82) is 0 Å². The third kappa shape index (κ3) is 4.58. The van der Waals surface area contributed by atoms with Gasteiger partial charge in [-0.2, -0.15) is 8.42 Å². The molecule has 0 radical (unpaired) electrons. The highest BCUT2D eigenvalue weighted by Gasteiger charge is 2.47. The second-order valence-corrected chi connectivity index (χ2v) is 8.53. The SMILES string of the molecule is O=S1(=O)OC2CCCCC(N(Cc3ccccc3)Cc3ccccc3)C2O1. The van der Waals surface area contributed by atoms with Gasteiger partial charge >= 0.3 is 10.4 Å². The molecule has 0 bridgehead atoms. The van der Waals surface area contributed by atoms with Crippen molar-refractivity contribution in [3.63, 3.8) is 0 Å². The van der Waals surface area contributed by atoms with E-state index in [-0.39, 0.29) is 12.1 Å². The quantitative estimate of drug-likeness (QED) is 0.784. The van der Waals surface area contributed by atoms with E-state index in [2.05, 4.69) is 29.2 Å². The molecule has 0 spiro atoms. The maximum absolute atomic E-state index is 11.9. The topological polar surface area (TPSA) is 55.8 Å². The molecule has 5 nitrogen and oxygen atoms in total. The smallest absolute Gasteiger partial charge is 0.289 e. The number of hydrogen-bond acceptors (Lipinski definition) is 5. The summed E-state index contributed by atoms with van der Waals surface area (Å²) in [7, 11) is -3.88. The van der Waals surface area contributed by atoms with E-state index >= 15 is 0 Å². The van der Waals surface area contributed by atoms with Crippen LogP contribution in [0.2, 0.25) is 0 Å². The number of hydrogen-bond donors (Lipinski definition) is 0. The molecular formula is C21H25NO4S. The van der Waals surface area contributed by atoms with Crippen LogP contribution in [-0.4, -0.2) is 31.6 Å². The van der Waals surface area contributed by atoms with Crippen LogP contribution in [0.4, 0.5) is 0 Å². The van der Waals surface area contributed by atoms with Crippen molar-refractivity contribution < 1.29 is 16.8 Å². The van der Waals surface area contributed by atoms with Crippen molar-refractivity contribution in [3.05, 3.63) is 71.8 Å². The molecule has 3 atom stereocenters. The number of rotatable bonds is 5. The number of fused-ring (bicyclic) bond motifs is 1. The van der Waals surface area contributed by atoms with Crippen molar-refractivity contribution in [3.8, 4) is 0 Å². The summed E-state index contributed by atoms with van der Waals surface area (Å²) >= 11 is 0. The second-order valence-electron chi connectivity index (χ2n) is 7.33. The first-order valence-corrected chi connectivity index (χ1v) is 10.9. The summed E-state index contributed by atoms with van der Waals surface area (Å²) in [5.74, 6) is 0. The van der Waals surface area contributed by atoms with E-state index in [9.17, 15) is 8.42 Å². The molecule has 1 saturated heterocycles. The Morgan fingerprint density at radius 2 is 1.37 bits per heavy atom. The first kappa shape index (κ1) is 18.6. The zero-order valence-electron chi connectivity index (χ0n) is 15.2. The number of benzene rings is 2. The average molecular weight is 388 g/mol. The molecular weight excluding hydrogens is 362 g/mol. The number of nitrogens with zero attached hydrogens (tertiary/aromatic N) is 1. The van der Waals surface area contributed by atoms with Gasteiger partial charge in [-0.25, -0.2) is 8.37 Å². The third-order valence-corrected chi connectivity index (χ3v) is 6.32. The summed E-state index contributed by atoms with van der Waals surface area (Å²) in [5, 5.41) is 0. The molecule has 6 heteroatoms. The third-order valence-electron chi connectivity index (χ3n) is 5.38. The summed E-state index contributed by atoms with van der Waals surface area (Å²) in [6.07, 6.45) is 2.82. The molecule has 4 rings (SSSR count). The van der Waals surface area contributed by atoms with Gasteiger partial charge in [-0.05, 0) is 24.0 Å². The van der Waals surface area contributed by atoms with Crippen LogP contribution in [0.15, 0.2) is 60.7 Å². The summed E-state index contributed by atoms with van der Waals surface area (Å²) < 4.78 is 34.5. The fourth-order valence-electron chi connectivity index (χ4n) is 4.13. The van der Waals surface area contributed by atoms with Crippen LogP contribution in [-0.2, 0) is 31.9 Å². The highest BCUT2D eigenvalue weighted by molar-refractivity contribution is 7.82. The molecule has 0 N–H and O–H groups in total. The van der Waals surface area contributed by atoms with E-state index in [1.165, 1.54) is 11.1 Å². The van der Waals surface area contributed by atoms with Crippen molar-refractivity contribution in [2.24, 2.45) is 0 Å². The van der Waals surface area contributed by atoms with Crippen LogP contribution in [0.5, 0.6) is 0 Å². The highest BCUT2D eigenvalue weighted by atomic mass is 32.3. The van der Waals surface area contributed by atoms with Gasteiger partial charge in [-0.15, -0.1) is 0 Å². The monoisotopic (exact) mass is 387 g/mol. The largest absolute Gasteiger partial charge is 0.400 e. The predicted octanol–water partition coefficient (Wildman–Crippen LogP) is 3.66. The molecule has 2 fully saturated rings. The molecule has 3 unspecified atom stereocenters. The Kier molecular flexibility index (Phi) is 5.59. The molecule has 1 saturated carbocycles. The van der Waals surface area contributed by atoms with Crippen molar-refractivity contribution in [1.82, 2.24) is 4.90 Å². The van der Waals surface area contributed by atoms with Crippen LogP contribution < -0.4 is 0 Å².